The number of hydrogen-bond acceptors (Lipinski definition) is 4. The molecule has 5 heteroatoms. The lowest BCUT2D eigenvalue weighted by molar-refractivity contribution is 0.100. The van der Waals surface area contributed by atoms with Crippen molar-refractivity contribution in [2.24, 2.45) is 5.73 Å². The van der Waals surface area contributed by atoms with Crippen LogP contribution in [0, 0.1) is 11.5 Å². The van der Waals surface area contributed by atoms with Gasteiger partial charge in [-0.3, -0.25) is 4.79 Å². The molecule has 1 aliphatic heterocycles. The van der Waals surface area contributed by atoms with Crippen molar-refractivity contribution in [1.82, 2.24) is 4.90 Å². The van der Waals surface area contributed by atoms with Gasteiger partial charge < -0.3 is 15.4 Å². The molecule has 2 N–H and O–H groups in total. The number of methoxy groups -OCH3 is 1. The fourth-order valence-electron chi connectivity index (χ4n) is 3.19. The van der Waals surface area contributed by atoms with Crippen molar-refractivity contribution in [2.75, 3.05) is 13.7 Å². The summed E-state index contributed by atoms with van der Waals surface area (Å²) >= 11 is 0. The summed E-state index contributed by atoms with van der Waals surface area (Å²) < 4.78 is 5.18. The summed E-state index contributed by atoms with van der Waals surface area (Å²) in [5.74, 6) is -0.447. The molecule has 0 aliphatic carbocycles. The van der Waals surface area contributed by atoms with Crippen molar-refractivity contribution in [2.45, 2.75) is 19.5 Å². The van der Waals surface area contributed by atoms with E-state index in [1.54, 1.807) is 24.1 Å². The van der Waals surface area contributed by atoms with E-state index in [1.807, 2.05) is 12.1 Å². The fourth-order valence-corrected chi connectivity index (χ4v) is 3.19. The van der Waals surface area contributed by atoms with Gasteiger partial charge in [0.15, 0.2) is 6.19 Å². The summed E-state index contributed by atoms with van der Waals surface area (Å²) in [7, 11) is 1.67. The van der Waals surface area contributed by atoms with E-state index in [1.165, 1.54) is 0 Å². The van der Waals surface area contributed by atoms with Crippen molar-refractivity contribution in [1.29, 1.82) is 5.26 Å². The second-order valence-electron chi connectivity index (χ2n) is 5.89. The number of carbonyl (C=O) groups excluding carboxylic acids is 1. The summed E-state index contributed by atoms with van der Waals surface area (Å²) in [4.78, 5) is 13.5. The monoisotopic (exact) mass is 321 g/mol. The number of hydrogen-bond donors (Lipinski definition) is 1. The molecule has 2 aromatic rings. The molecule has 0 bridgehead atoms. The Kier molecular flexibility index (Phi) is 4.50. The number of amides is 1. The molecule has 2 aromatic carbocycles. The van der Waals surface area contributed by atoms with Gasteiger partial charge in [0.25, 0.3) is 0 Å². The molecule has 1 amide bonds. The van der Waals surface area contributed by atoms with Crippen LogP contribution in [0.2, 0.25) is 0 Å². The zero-order valence-corrected chi connectivity index (χ0v) is 13.6. The number of ether oxygens (including phenoxy) is 1. The van der Waals surface area contributed by atoms with E-state index < -0.39 is 5.91 Å². The van der Waals surface area contributed by atoms with Crippen LogP contribution in [0.25, 0.3) is 11.1 Å². The lowest BCUT2D eigenvalue weighted by Crippen LogP contribution is -2.13. The van der Waals surface area contributed by atoms with Crippen LogP contribution in [0.3, 0.4) is 0 Å². The second-order valence-corrected chi connectivity index (χ2v) is 5.89. The molecule has 5 nitrogen and oxygen atoms in total. The van der Waals surface area contributed by atoms with Gasteiger partial charge in [0.2, 0.25) is 5.91 Å². The van der Waals surface area contributed by atoms with Crippen molar-refractivity contribution in [3.63, 3.8) is 0 Å². The van der Waals surface area contributed by atoms with Crippen LogP contribution in [0.4, 0.5) is 0 Å². The highest BCUT2D eigenvalue weighted by atomic mass is 16.5. The number of primary amides is 1. The average molecular weight is 321 g/mol. The fraction of sp³-hybridized carbons (Fsp3) is 0.263. The van der Waals surface area contributed by atoms with Gasteiger partial charge >= 0.3 is 0 Å². The molecule has 3 rings (SSSR count). The second kappa shape index (κ2) is 6.73. The van der Waals surface area contributed by atoms with E-state index in [-0.39, 0.29) is 0 Å². The smallest absolute Gasteiger partial charge is 0.249 e. The highest BCUT2D eigenvalue weighted by Crippen LogP contribution is 2.35. The number of benzene rings is 2. The molecule has 0 atom stereocenters. The Hall–Kier alpha value is -2.84. The van der Waals surface area contributed by atoms with Gasteiger partial charge in [0.05, 0.1) is 19.7 Å². The Morgan fingerprint density at radius 2 is 2.08 bits per heavy atom. The molecule has 0 fully saturated rings. The van der Waals surface area contributed by atoms with Gasteiger partial charge in [-0.1, -0.05) is 30.3 Å². The van der Waals surface area contributed by atoms with E-state index in [0.29, 0.717) is 25.3 Å². The van der Waals surface area contributed by atoms with Crippen LogP contribution >= 0.6 is 0 Å². The number of carbonyl (C=O) groups is 1. The first-order chi connectivity index (χ1) is 11.6. The van der Waals surface area contributed by atoms with Crippen molar-refractivity contribution in [3.05, 3.63) is 58.7 Å². The van der Waals surface area contributed by atoms with E-state index in [2.05, 4.69) is 18.3 Å². The van der Waals surface area contributed by atoms with E-state index >= 15 is 0 Å². The highest BCUT2D eigenvalue weighted by Gasteiger charge is 2.24. The largest absolute Gasteiger partial charge is 0.384 e. The third-order valence-electron chi connectivity index (χ3n) is 4.33. The Bertz CT molecular complexity index is 824. The van der Waals surface area contributed by atoms with Crippen LogP contribution in [-0.2, 0) is 24.2 Å². The molecule has 0 unspecified atom stereocenters. The Labute approximate surface area is 141 Å². The van der Waals surface area contributed by atoms with Gasteiger partial charge in [0, 0.05) is 12.7 Å². The standard InChI is InChI=1S/C19H19N3O2/c1-24-7-6-13-8-14-10-22(12-20)11-18(14)17(9-13)15-4-2-3-5-16(15)19(21)23/h2-5,8-9H,6-7,10-11H2,1H3,(H2,21,23). The number of nitriles is 1. The van der Waals surface area contributed by atoms with Crippen molar-refractivity contribution >= 4 is 5.91 Å². The third-order valence-corrected chi connectivity index (χ3v) is 4.33. The third kappa shape index (κ3) is 2.97. The molecule has 0 spiro atoms. The van der Waals surface area contributed by atoms with E-state index in [0.717, 1.165) is 34.2 Å². The molecule has 0 saturated heterocycles. The predicted molar refractivity (Wildman–Crippen MR) is 90.8 cm³/mol. The molecule has 24 heavy (non-hydrogen) atoms. The van der Waals surface area contributed by atoms with Crippen molar-refractivity contribution in [3.8, 4) is 17.3 Å². The molecule has 0 saturated carbocycles. The van der Waals surface area contributed by atoms with Gasteiger partial charge in [-0.2, -0.15) is 5.26 Å². The minimum absolute atomic E-state index is 0.447. The quantitative estimate of drug-likeness (QED) is 0.858. The Balaban J connectivity index is 2.15. The van der Waals surface area contributed by atoms with Crippen LogP contribution in [0.1, 0.15) is 27.0 Å². The minimum Gasteiger partial charge on any atom is -0.384 e. The predicted octanol–water partition coefficient (Wildman–Crippen LogP) is 2.44. The molecular weight excluding hydrogens is 302 g/mol. The normalized spacial score (nSPS) is 12.8. The van der Waals surface area contributed by atoms with Gasteiger partial charge in [0.1, 0.15) is 0 Å². The number of fused-ring (bicyclic) bond motifs is 1. The van der Waals surface area contributed by atoms with Gasteiger partial charge in [-0.05, 0) is 40.3 Å². The number of nitrogens with zero attached hydrogens (tertiary/aromatic N) is 2. The SMILES string of the molecule is COCCc1cc2c(c(-c3ccccc3C(N)=O)c1)CN(C#N)C2. The average Bonchev–Trinajstić information content (AvgIpc) is 3.02. The maximum Gasteiger partial charge on any atom is 0.249 e. The number of nitrogens with two attached hydrogens (primary N) is 1. The van der Waals surface area contributed by atoms with Crippen LogP contribution in [0.5, 0.6) is 0 Å². The molecule has 1 aliphatic rings. The van der Waals surface area contributed by atoms with E-state index in [4.69, 9.17) is 10.5 Å². The van der Waals surface area contributed by atoms with Gasteiger partial charge in [-0.25, -0.2) is 0 Å². The maximum absolute atomic E-state index is 11.8. The first kappa shape index (κ1) is 16.0. The molecule has 122 valence electrons. The summed E-state index contributed by atoms with van der Waals surface area (Å²) in [6, 6.07) is 11.6. The molecular formula is C19H19N3O2. The Morgan fingerprint density at radius 3 is 2.79 bits per heavy atom. The highest BCUT2D eigenvalue weighted by molar-refractivity contribution is 6.00. The van der Waals surface area contributed by atoms with Crippen LogP contribution < -0.4 is 5.73 Å². The Morgan fingerprint density at radius 1 is 1.29 bits per heavy atom. The minimum atomic E-state index is -0.447. The lowest BCUT2D eigenvalue weighted by atomic mass is 9.91. The molecule has 0 radical (unpaired) electrons. The first-order valence-corrected chi connectivity index (χ1v) is 7.81. The van der Waals surface area contributed by atoms with Crippen LogP contribution in [-0.4, -0.2) is 24.5 Å². The zero-order valence-electron chi connectivity index (χ0n) is 13.6. The summed E-state index contributed by atoms with van der Waals surface area (Å²) in [5.41, 5.74) is 11.2. The van der Waals surface area contributed by atoms with E-state index in [9.17, 15) is 10.1 Å². The first-order valence-electron chi connectivity index (χ1n) is 7.81. The maximum atomic E-state index is 11.8. The topological polar surface area (TPSA) is 79.3 Å². The van der Waals surface area contributed by atoms with Crippen LogP contribution in [0.15, 0.2) is 36.4 Å². The zero-order chi connectivity index (χ0) is 17.1. The summed E-state index contributed by atoms with van der Waals surface area (Å²) in [6.07, 6.45) is 2.99. The summed E-state index contributed by atoms with van der Waals surface area (Å²) in [5, 5.41) is 9.23. The lowest BCUT2D eigenvalue weighted by Gasteiger charge is -2.14. The molecule has 0 aromatic heterocycles. The van der Waals surface area contributed by atoms with Crippen molar-refractivity contribution < 1.29 is 9.53 Å². The summed E-state index contributed by atoms with van der Waals surface area (Å²) in [6.45, 7) is 1.77. The number of rotatable bonds is 5. The van der Waals surface area contributed by atoms with Gasteiger partial charge in [-0.15, -0.1) is 0 Å². The molecule has 1 heterocycles.